The number of rotatable bonds is 14. The molecule has 0 aliphatic rings. The van der Waals surface area contributed by atoms with Gasteiger partial charge in [-0.2, -0.15) is 0 Å². The van der Waals surface area contributed by atoms with Crippen molar-refractivity contribution in [3.05, 3.63) is 78.6 Å². The molecule has 0 fully saturated rings. The first-order valence-corrected chi connectivity index (χ1v) is 12.3. The SMILES string of the molecule is C=CCOc1ccc(-c2ccc3cc(/C=C/CCCC(C)OCCCCC)ccc3n2)c(F)c1. The third-order valence-corrected chi connectivity index (χ3v) is 5.74. The lowest BCUT2D eigenvalue weighted by atomic mass is 10.1. The summed E-state index contributed by atoms with van der Waals surface area (Å²) in [5.74, 6) is 0.126. The molecule has 3 nitrogen and oxygen atoms in total. The summed E-state index contributed by atoms with van der Waals surface area (Å²) in [7, 11) is 0. The number of hydrogen-bond acceptors (Lipinski definition) is 3. The maximum absolute atomic E-state index is 14.6. The molecule has 1 heterocycles. The fourth-order valence-electron chi connectivity index (χ4n) is 3.81. The van der Waals surface area contributed by atoms with Gasteiger partial charge in [0.05, 0.1) is 17.3 Å². The molecule has 0 saturated heterocycles. The first-order chi connectivity index (χ1) is 16.6. The van der Waals surface area contributed by atoms with Crippen LogP contribution < -0.4 is 4.74 Å². The van der Waals surface area contributed by atoms with E-state index in [0.717, 1.165) is 48.8 Å². The van der Waals surface area contributed by atoms with Crippen LogP contribution in [0.4, 0.5) is 4.39 Å². The third-order valence-electron chi connectivity index (χ3n) is 5.74. The maximum atomic E-state index is 14.6. The van der Waals surface area contributed by atoms with E-state index in [9.17, 15) is 4.39 Å². The summed E-state index contributed by atoms with van der Waals surface area (Å²) >= 11 is 0. The van der Waals surface area contributed by atoms with E-state index >= 15 is 0 Å². The van der Waals surface area contributed by atoms with Gasteiger partial charge in [0.15, 0.2) is 0 Å². The van der Waals surface area contributed by atoms with Crippen LogP contribution in [0.2, 0.25) is 0 Å². The molecule has 34 heavy (non-hydrogen) atoms. The lowest BCUT2D eigenvalue weighted by molar-refractivity contribution is 0.0566. The summed E-state index contributed by atoms with van der Waals surface area (Å²) in [5.41, 5.74) is 3.05. The Hall–Kier alpha value is -2.98. The van der Waals surface area contributed by atoms with E-state index in [1.54, 1.807) is 18.2 Å². The van der Waals surface area contributed by atoms with Crippen molar-refractivity contribution < 1.29 is 13.9 Å². The number of pyridine rings is 1. The van der Waals surface area contributed by atoms with Crippen LogP contribution in [0.15, 0.2) is 67.3 Å². The molecule has 0 amide bonds. The predicted octanol–water partition coefficient (Wildman–Crippen LogP) is 8.38. The maximum Gasteiger partial charge on any atom is 0.136 e. The first-order valence-electron chi connectivity index (χ1n) is 12.3. The number of allylic oxidation sites excluding steroid dienone is 1. The van der Waals surface area contributed by atoms with Gasteiger partial charge in [0.1, 0.15) is 18.2 Å². The Morgan fingerprint density at radius 1 is 1.06 bits per heavy atom. The van der Waals surface area contributed by atoms with Gasteiger partial charge in [-0.1, -0.05) is 56.7 Å². The normalized spacial score (nSPS) is 12.3. The third kappa shape index (κ3) is 7.81. The standard InChI is InChI=1S/C30H36FNO2/c1-4-6-10-20-33-23(3)11-8-7-9-12-24-13-17-29-25(21-24)14-18-30(32-29)27-16-15-26(22-28(27)31)34-19-5-2/h5,9,12-18,21-23H,2,4,6-8,10-11,19-20H2,1,3H3/b12-9+. The van der Waals surface area contributed by atoms with Crippen molar-refractivity contribution in [2.75, 3.05) is 13.2 Å². The second kappa shape index (κ2) is 13.7. The van der Waals surface area contributed by atoms with Crippen molar-refractivity contribution in [2.24, 2.45) is 0 Å². The molecule has 3 aromatic rings. The van der Waals surface area contributed by atoms with Crippen LogP contribution >= 0.6 is 0 Å². The highest BCUT2D eigenvalue weighted by molar-refractivity contribution is 5.84. The molecule has 2 aromatic carbocycles. The highest BCUT2D eigenvalue weighted by Gasteiger charge is 2.09. The van der Waals surface area contributed by atoms with Gasteiger partial charge in [-0.25, -0.2) is 9.37 Å². The van der Waals surface area contributed by atoms with Crippen molar-refractivity contribution >= 4 is 17.0 Å². The zero-order valence-corrected chi connectivity index (χ0v) is 20.4. The second-order valence-corrected chi connectivity index (χ2v) is 8.61. The average Bonchev–Trinajstić information content (AvgIpc) is 2.85. The van der Waals surface area contributed by atoms with Gasteiger partial charge >= 0.3 is 0 Å². The van der Waals surface area contributed by atoms with Crippen LogP contribution in [0.3, 0.4) is 0 Å². The average molecular weight is 462 g/mol. The van der Waals surface area contributed by atoms with Gasteiger partial charge in [0.2, 0.25) is 0 Å². The second-order valence-electron chi connectivity index (χ2n) is 8.61. The summed E-state index contributed by atoms with van der Waals surface area (Å²) in [6.45, 7) is 9.20. The Bertz CT molecular complexity index is 1090. The van der Waals surface area contributed by atoms with E-state index < -0.39 is 0 Å². The van der Waals surface area contributed by atoms with Gasteiger partial charge in [-0.05, 0) is 68.5 Å². The topological polar surface area (TPSA) is 31.4 Å². The number of aromatic nitrogens is 1. The molecule has 0 radical (unpaired) electrons. The molecular formula is C30H36FNO2. The monoisotopic (exact) mass is 461 g/mol. The van der Waals surface area contributed by atoms with E-state index in [4.69, 9.17) is 9.47 Å². The van der Waals surface area contributed by atoms with E-state index in [1.165, 1.54) is 18.9 Å². The molecule has 0 aliphatic heterocycles. The molecule has 1 atom stereocenters. The van der Waals surface area contributed by atoms with Gasteiger partial charge < -0.3 is 9.47 Å². The number of benzene rings is 2. The molecule has 180 valence electrons. The highest BCUT2D eigenvalue weighted by atomic mass is 19.1. The number of nitrogens with zero attached hydrogens (tertiary/aromatic N) is 1. The largest absolute Gasteiger partial charge is 0.489 e. The van der Waals surface area contributed by atoms with Gasteiger partial charge in [-0.3, -0.25) is 0 Å². The summed E-state index contributed by atoms with van der Waals surface area (Å²) in [4.78, 5) is 4.67. The Balaban J connectivity index is 1.55. The van der Waals surface area contributed by atoms with Crippen molar-refractivity contribution in [3.8, 4) is 17.0 Å². The molecule has 0 bridgehead atoms. The summed E-state index contributed by atoms with van der Waals surface area (Å²) < 4.78 is 25.9. The van der Waals surface area contributed by atoms with Gasteiger partial charge in [0.25, 0.3) is 0 Å². The van der Waals surface area contributed by atoms with Gasteiger partial charge in [-0.15, -0.1) is 0 Å². The first kappa shape index (κ1) is 25.6. The quantitative estimate of drug-likeness (QED) is 0.178. The smallest absolute Gasteiger partial charge is 0.136 e. The molecule has 1 aromatic heterocycles. The van der Waals surface area contributed by atoms with Crippen molar-refractivity contribution in [1.29, 1.82) is 0 Å². The lowest BCUT2D eigenvalue weighted by Crippen LogP contribution is -2.08. The van der Waals surface area contributed by atoms with Crippen molar-refractivity contribution in [1.82, 2.24) is 4.98 Å². The fourth-order valence-corrected chi connectivity index (χ4v) is 3.81. The van der Waals surface area contributed by atoms with Crippen LogP contribution in [-0.4, -0.2) is 24.3 Å². The Morgan fingerprint density at radius 2 is 1.94 bits per heavy atom. The summed E-state index contributed by atoms with van der Waals surface area (Å²) in [6.07, 6.45) is 13.2. The molecule has 0 N–H and O–H groups in total. The minimum absolute atomic E-state index is 0.326. The number of unbranched alkanes of at least 4 members (excludes halogenated alkanes) is 3. The summed E-state index contributed by atoms with van der Waals surface area (Å²) in [5, 5.41) is 1.03. The Kier molecular flexibility index (Phi) is 10.3. The minimum atomic E-state index is -0.353. The van der Waals surface area contributed by atoms with Gasteiger partial charge in [0, 0.05) is 23.6 Å². The van der Waals surface area contributed by atoms with Crippen LogP contribution in [0, 0.1) is 5.82 Å². The molecule has 3 rings (SSSR count). The van der Waals surface area contributed by atoms with Crippen LogP contribution in [-0.2, 0) is 4.74 Å². The van der Waals surface area contributed by atoms with Crippen LogP contribution in [0.5, 0.6) is 5.75 Å². The Labute approximate surface area is 203 Å². The highest BCUT2D eigenvalue weighted by Crippen LogP contribution is 2.27. The number of ether oxygens (including phenoxy) is 2. The van der Waals surface area contributed by atoms with E-state index in [2.05, 4.69) is 49.7 Å². The predicted molar refractivity (Wildman–Crippen MR) is 141 cm³/mol. The van der Waals surface area contributed by atoms with Crippen molar-refractivity contribution in [2.45, 2.75) is 58.5 Å². The molecule has 0 saturated carbocycles. The summed E-state index contributed by atoms with van der Waals surface area (Å²) in [6, 6.07) is 14.9. The van der Waals surface area contributed by atoms with E-state index in [0.29, 0.717) is 29.7 Å². The zero-order valence-electron chi connectivity index (χ0n) is 20.4. The fraction of sp³-hybridized carbons (Fsp3) is 0.367. The number of hydrogen-bond donors (Lipinski definition) is 0. The number of halogens is 1. The minimum Gasteiger partial charge on any atom is -0.489 e. The molecule has 0 spiro atoms. The molecule has 4 heteroatoms. The zero-order chi connectivity index (χ0) is 24.2. The number of fused-ring (bicyclic) bond motifs is 1. The van der Waals surface area contributed by atoms with Crippen molar-refractivity contribution in [3.63, 3.8) is 0 Å². The van der Waals surface area contributed by atoms with Crippen LogP contribution in [0.25, 0.3) is 28.2 Å². The molecule has 1 unspecified atom stereocenters. The molecule has 0 aliphatic carbocycles. The van der Waals surface area contributed by atoms with Crippen LogP contribution in [0.1, 0.15) is 57.9 Å². The van der Waals surface area contributed by atoms with E-state index in [1.807, 2.05) is 18.2 Å². The Morgan fingerprint density at radius 3 is 2.74 bits per heavy atom. The lowest BCUT2D eigenvalue weighted by Gasteiger charge is -2.12. The molecular weight excluding hydrogens is 425 g/mol. The van der Waals surface area contributed by atoms with E-state index in [-0.39, 0.29) is 5.82 Å².